The van der Waals surface area contributed by atoms with E-state index in [2.05, 4.69) is 36.2 Å². The Kier molecular flexibility index (Phi) is 2.34. The molecule has 0 saturated heterocycles. The number of hydrogen-bond donors (Lipinski definition) is 2. The number of aromatic nitrogens is 3. The van der Waals surface area contributed by atoms with E-state index in [1.807, 2.05) is 6.20 Å². The SMILES string of the molecule is Brc1cnc(C2NCCc3[nH]cnc32)s1. The van der Waals surface area contributed by atoms with Gasteiger partial charge in [0.2, 0.25) is 0 Å². The molecule has 2 aromatic rings. The van der Waals surface area contributed by atoms with Gasteiger partial charge in [0, 0.05) is 18.7 Å². The van der Waals surface area contributed by atoms with Crippen LogP contribution in [0.1, 0.15) is 22.4 Å². The molecule has 1 aliphatic heterocycles. The van der Waals surface area contributed by atoms with Crippen molar-refractivity contribution in [2.75, 3.05) is 6.54 Å². The van der Waals surface area contributed by atoms with Crippen molar-refractivity contribution in [3.8, 4) is 0 Å². The van der Waals surface area contributed by atoms with E-state index in [0.29, 0.717) is 0 Å². The molecule has 15 heavy (non-hydrogen) atoms. The highest BCUT2D eigenvalue weighted by Gasteiger charge is 2.25. The summed E-state index contributed by atoms with van der Waals surface area (Å²) in [6, 6.07) is 0.149. The highest BCUT2D eigenvalue weighted by Crippen LogP contribution is 2.30. The van der Waals surface area contributed by atoms with E-state index in [4.69, 9.17) is 0 Å². The molecule has 0 aliphatic carbocycles. The third-order valence-corrected chi connectivity index (χ3v) is 4.03. The molecule has 0 bridgehead atoms. The van der Waals surface area contributed by atoms with Crippen LogP contribution in [0.2, 0.25) is 0 Å². The van der Waals surface area contributed by atoms with Crippen LogP contribution in [0.5, 0.6) is 0 Å². The van der Waals surface area contributed by atoms with Gasteiger partial charge < -0.3 is 10.3 Å². The van der Waals surface area contributed by atoms with Gasteiger partial charge in [0.15, 0.2) is 0 Å². The topological polar surface area (TPSA) is 53.6 Å². The minimum absolute atomic E-state index is 0.149. The third-order valence-electron chi connectivity index (χ3n) is 2.49. The summed E-state index contributed by atoms with van der Waals surface area (Å²) in [7, 11) is 0. The zero-order valence-electron chi connectivity index (χ0n) is 7.83. The molecule has 78 valence electrons. The van der Waals surface area contributed by atoms with Crippen molar-refractivity contribution in [2.45, 2.75) is 12.5 Å². The summed E-state index contributed by atoms with van der Waals surface area (Å²) in [5.41, 5.74) is 2.31. The maximum absolute atomic E-state index is 4.37. The fourth-order valence-corrected chi connectivity index (χ4v) is 3.15. The predicted molar refractivity (Wildman–Crippen MR) is 62.0 cm³/mol. The summed E-state index contributed by atoms with van der Waals surface area (Å²) in [4.78, 5) is 11.9. The first-order valence-corrected chi connectivity index (χ1v) is 6.32. The van der Waals surface area contributed by atoms with E-state index in [1.165, 1.54) is 5.69 Å². The van der Waals surface area contributed by atoms with Crippen molar-refractivity contribution in [1.29, 1.82) is 0 Å². The number of H-pyrrole nitrogens is 1. The Morgan fingerprint density at radius 3 is 3.20 bits per heavy atom. The number of imidazole rings is 1. The van der Waals surface area contributed by atoms with Gasteiger partial charge in [0.1, 0.15) is 11.0 Å². The smallest absolute Gasteiger partial charge is 0.117 e. The van der Waals surface area contributed by atoms with Crippen LogP contribution < -0.4 is 5.32 Å². The number of nitrogens with one attached hydrogen (secondary N) is 2. The number of hydrogen-bond acceptors (Lipinski definition) is 4. The first kappa shape index (κ1) is 9.50. The summed E-state index contributed by atoms with van der Waals surface area (Å²) in [6.07, 6.45) is 4.61. The van der Waals surface area contributed by atoms with Gasteiger partial charge in [-0.05, 0) is 15.9 Å². The Morgan fingerprint density at radius 2 is 2.40 bits per heavy atom. The van der Waals surface area contributed by atoms with Gasteiger partial charge in [-0.2, -0.15) is 0 Å². The average molecular weight is 285 g/mol. The number of fused-ring (bicyclic) bond motifs is 1. The van der Waals surface area contributed by atoms with Crippen molar-refractivity contribution in [2.24, 2.45) is 0 Å². The minimum Gasteiger partial charge on any atom is -0.348 e. The lowest BCUT2D eigenvalue weighted by Crippen LogP contribution is -2.30. The lowest BCUT2D eigenvalue weighted by atomic mass is 10.1. The molecule has 0 amide bonds. The highest BCUT2D eigenvalue weighted by atomic mass is 79.9. The standard InChI is InChI=1S/C9H9BrN4S/c10-6-3-12-9(15-6)8-7-5(1-2-11-8)13-4-14-7/h3-4,8,11H,1-2H2,(H,13,14). The van der Waals surface area contributed by atoms with Crippen molar-refractivity contribution in [1.82, 2.24) is 20.3 Å². The van der Waals surface area contributed by atoms with Gasteiger partial charge >= 0.3 is 0 Å². The molecule has 1 unspecified atom stereocenters. The zero-order chi connectivity index (χ0) is 10.3. The molecular weight excluding hydrogens is 276 g/mol. The van der Waals surface area contributed by atoms with Gasteiger partial charge in [-0.25, -0.2) is 9.97 Å². The molecule has 0 spiro atoms. The van der Waals surface area contributed by atoms with Gasteiger partial charge in [-0.15, -0.1) is 11.3 Å². The van der Waals surface area contributed by atoms with E-state index in [0.717, 1.165) is 27.5 Å². The van der Waals surface area contributed by atoms with E-state index < -0.39 is 0 Å². The fourth-order valence-electron chi connectivity index (χ4n) is 1.82. The zero-order valence-corrected chi connectivity index (χ0v) is 10.2. The molecule has 1 aliphatic rings. The Hall–Kier alpha value is -0.720. The van der Waals surface area contributed by atoms with Crippen LogP contribution in [-0.4, -0.2) is 21.5 Å². The van der Waals surface area contributed by atoms with Crippen LogP contribution >= 0.6 is 27.3 Å². The van der Waals surface area contributed by atoms with Gasteiger partial charge in [0.05, 0.1) is 22.0 Å². The van der Waals surface area contributed by atoms with Crippen LogP contribution in [0.15, 0.2) is 16.3 Å². The minimum atomic E-state index is 0.149. The second-order valence-corrected chi connectivity index (χ2v) is 5.85. The Bertz CT molecular complexity index is 478. The Morgan fingerprint density at radius 1 is 1.47 bits per heavy atom. The predicted octanol–water partition coefficient (Wildman–Crippen LogP) is 1.86. The van der Waals surface area contributed by atoms with Crippen molar-refractivity contribution in [3.63, 3.8) is 0 Å². The van der Waals surface area contributed by atoms with E-state index in [9.17, 15) is 0 Å². The van der Waals surface area contributed by atoms with Crippen LogP contribution in [0.4, 0.5) is 0 Å². The molecule has 0 aromatic carbocycles. The number of nitrogens with zero attached hydrogens (tertiary/aromatic N) is 2. The van der Waals surface area contributed by atoms with Crippen molar-refractivity contribution < 1.29 is 0 Å². The van der Waals surface area contributed by atoms with E-state index in [-0.39, 0.29) is 6.04 Å². The number of halogens is 1. The van der Waals surface area contributed by atoms with Crippen molar-refractivity contribution >= 4 is 27.3 Å². The number of rotatable bonds is 1. The molecular formula is C9H9BrN4S. The van der Waals surface area contributed by atoms with Crippen LogP contribution in [0.3, 0.4) is 0 Å². The summed E-state index contributed by atoms with van der Waals surface area (Å²) < 4.78 is 1.06. The summed E-state index contributed by atoms with van der Waals surface area (Å²) in [6.45, 7) is 0.969. The maximum Gasteiger partial charge on any atom is 0.117 e. The highest BCUT2D eigenvalue weighted by molar-refractivity contribution is 9.11. The molecule has 2 N–H and O–H groups in total. The quantitative estimate of drug-likeness (QED) is 0.841. The fraction of sp³-hybridized carbons (Fsp3) is 0.333. The van der Waals surface area contributed by atoms with Crippen LogP contribution in [-0.2, 0) is 6.42 Å². The molecule has 1 atom stereocenters. The van der Waals surface area contributed by atoms with Gasteiger partial charge in [0.25, 0.3) is 0 Å². The third kappa shape index (κ3) is 1.62. The van der Waals surface area contributed by atoms with Crippen LogP contribution in [0.25, 0.3) is 0 Å². The normalized spacial score (nSPS) is 20.2. The monoisotopic (exact) mass is 284 g/mol. The molecule has 0 saturated carbocycles. The Balaban J connectivity index is 2.02. The van der Waals surface area contributed by atoms with E-state index >= 15 is 0 Å². The molecule has 6 heteroatoms. The molecule has 3 rings (SSSR count). The average Bonchev–Trinajstić information content (AvgIpc) is 2.84. The second kappa shape index (κ2) is 3.70. The largest absolute Gasteiger partial charge is 0.348 e. The van der Waals surface area contributed by atoms with Crippen molar-refractivity contribution in [3.05, 3.63) is 32.7 Å². The number of aromatic amines is 1. The molecule has 0 radical (unpaired) electrons. The lowest BCUT2D eigenvalue weighted by Gasteiger charge is -2.20. The summed E-state index contributed by atoms with van der Waals surface area (Å²) in [5, 5.41) is 4.50. The molecule has 2 aromatic heterocycles. The molecule has 4 nitrogen and oxygen atoms in total. The van der Waals surface area contributed by atoms with Gasteiger partial charge in [-0.1, -0.05) is 0 Å². The molecule has 3 heterocycles. The summed E-state index contributed by atoms with van der Waals surface area (Å²) in [5.74, 6) is 0. The first-order valence-electron chi connectivity index (χ1n) is 4.71. The Labute approximate surface area is 99.3 Å². The lowest BCUT2D eigenvalue weighted by molar-refractivity contribution is 0.551. The second-order valence-electron chi connectivity index (χ2n) is 3.41. The maximum atomic E-state index is 4.37. The van der Waals surface area contributed by atoms with E-state index in [1.54, 1.807) is 17.7 Å². The van der Waals surface area contributed by atoms with Crippen LogP contribution in [0, 0.1) is 0 Å². The first-order chi connectivity index (χ1) is 7.34. The van der Waals surface area contributed by atoms with Gasteiger partial charge in [-0.3, -0.25) is 0 Å². The molecule has 0 fully saturated rings. The summed E-state index contributed by atoms with van der Waals surface area (Å²) >= 11 is 5.08. The number of thiazole rings is 1.